The van der Waals surface area contributed by atoms with Crippen LogP contribution in [0.2, 0.25) is 0 Å². The van der Waals surface area contributed by atoms with Gasteiger partial charge in [-0.3, -0.25) is 0 Å². The maximum absolute atomic E-state index is 8.11. The third kappa shape index (κ3) is 119. The number of hydrogen-bond donors (Lipinski definition) is 10. The first kappa shape index (κ1) is 35.7. The second-order valence-corrected chi connectivity index (χ2v) is 5.16. The van der Waals surface area contributed by atoms with Gasteiger partial charge in [-0.25, -0.2) is 0 Å². The molecule has 0 saturated carbocycles. The van der Waals surface area contributed by atoms with Gasteiger partial charge in [0.15, 0.2) is 0 Å². The summed E-state index contributed by atoms with van der Waals surface area (Å²) in [6.07, 6.45) is -2.80. The van der Waals surface area contributed by atoms with Gasteiger partial charge in [-0.2, -0.15) is 0 Å². The van der Waals surface area contributed by atoms with E-state index >= 15 is 0 Å². The van der Waals surface area contributed by atoms with Gasteiger partial charge in [-0.1, -0.05) is 0 Å². The van der Waals surface area contributed by atoms with E-state index in [9.17, 15) is 0 Å². The molecule has 10 heteroatoms. The van der Waals surface area contributed by atoms with Gasteiger partial charge >= 0.3 is 0 Å². The molecule has 5 atom stereocenters. The lowest BCUT2D eigenvalue weighted by Gasteiger charge is -1.90. The third-order valence-corrected chi connectivity index (χ3v) is 1.32. The Morgan fingerprint density at radius 2 is 0.400 bits per heavy atom. The van der Waals surface area contributed by atoms with E-state index in [1.807, 2.05) is 0 Å². The molecule has 0 radical (unpaired) electrons. The molecule has 0 amide bonds. The first-order valence-electron chi connectivity index (χ1n) is 7.80. The summed E-state index contributed by atoms with van der Waals surface area (Å²) >= 11 is 0. The lowest BCUT2D eigenvalue weighted by molar-refractivity contribution is 0.110. The van der Waals surface area contributed by atoms with E-state index in [1.165, 1.54) is 34.6 Å². The van der Waals surface area contributed by atoms with Crippen LogP contribution >= 0.6 is 0 Å². The van der Waals surface area contributed by atoms with Gasteiger partial charge in [0, 0.05) is 0 Å². The number of hydrogen-bond acceptors (Lipinski definition) is 10. The fourth-order valence-electron chi connectivity index (χ4n) is 0. The predicted molar refractivity (Wildman–Crippen MR) is 93.8 cm³/mol. The molecule has 0 fully saturated rings. The van der Waals surface area contributed by atoms with Crippen LogP contribution in [0.1, 0.15) is 34.6 Å². The van der Waals surface area contributed by atoms with E-state index in [2.05, 4.69) is 0 Å². The highest BCUT2D eigenvalue weighted by molar-refractivity contribution is 4.35. The molecule has 10 N–H and O–H groups in total. The Morgan fingerprint density at radius 1 is 0.360 bits per heavy atom. The van der Waals surface area contributed by atoms with E-state index in [1.54, 1.807) is 0 Å². The lowest BCUT2D eigenvalue weighted by Crippen LogP contribution is -2.03. The van der Waals surface area contributed by atoms with Crippen LogP contribution in [0.5, 0.6) is 0 Å². The quantitative estimate of drug-likeness (QED) is 0.231. The maximum atomic E-state index is 8.11. The Bertz CT molecular complexity index is 141. The Kier molecular flexibility index (Phi) is 44.8. The maximum Gasteiger partial charge on any atom is 0.0742 e. The summed E-state index contributed by atoms with van der Waals surface area (Å²) in [4.78, 5) is 0. The summed E-state index contributed by atoms with van der Waals surface area (Å²) in [5, 5.41) is 80.0. The van der Waals surface area contributed by atoms with Crippen LogP contribution in [0.3, 0.4) is 0 Å². The molecule has 5 unspecified atom stereocenters. The highest BCUT2D eigenvalue weighted by atomic mass is 16.3. The van der Waals surface area contributed by atoms with Crippen molar-refractivity contribution in [2.24, 2.45) is 0 Å². The van der Waals surface area contributed by atoms with Gasteiger partial charge < -0.3 is 51.1 Å². The first-order chi connectivity index (χ1) is 11.4. The summed E-state index contributed by atoms with van der Waals surface area (Å²) in [5.41, 5.74) is 0. The van der Waals surface area contributed by atoms with Crippen LogP contribution in [0, 0.1) is 0 Å². The largest absolute Gasteiger partial charge is 0.394 e. The Morgan fingerprint density at radius 3 is 0.400 bits per heavy atom. The summed E-state index contributed by atoms with van der Waals surface area (Å²) in [7, 11) is 0. The lowest BCUT2D eigenvalue weighted by atomic mass is 10.5. The normalized spacial score (nSPS) is 15.0. The fraction of sp³-hybridized carbons (Fsp3) is 1.00. The average molecular weight is 380 g/mol. The Balaban J connectivity index is -0.0000000667. The molecule has 0 aromatic carbocycles. The molecule has 0 aliphatic carbocycles. The zero-order valence-corrected chi connectivity index (χ0v) is 15.9. The first-order valence-corrected chi connectivity index (χ1v) is 7.80. The van der Waals surface area contributed by atoms with Crippen molar-refractivity contribution in [1.29, 1.82) is 0 Å². The van der Waals surface area contributed by atoms with Crippen molar-refractivity contribution < 1.29 is 51.1 Å². The van der Waals surface area contributed by atoms with Crippen molar-refractivity contribution in [3.63, 3.8) is 0 Å². The van der Waals surface area contributed by atoms with Crippen molar-refractivity contribution in [1.82, 2.24) is 0 Å². The molecule has 160 valence electrons. The van der Waals surface area contributed by atoms with Gasteiger partial charge in [0.05, 0.1) is 63.6 Å². The number of rotatable bonds is 5. The highest BCUT2D eigenvalue weighted by Crippen LogP contribution is 1.70. The van der Waals surface area contributed by atoms with E-state index in [4.69, 9.17) is 51.1 Å². The van der Waals surface area contributed by atoms with Crippen molar-refractivity contribution >= 4 is 0 Å². The number of aliphatic hydroxyl groups is 10. The van der Waals surface area contributed by atoms with Crippen molar-refractivity contribution in [2.45, 2.75) is 65.1 Å². The molecule has 0 aliphatic heterocycles. The molecule has 0 heterocycles. The molecule has 0 spiro atoms. The standard InChI is InChI=1S/5C3H8O2/c5*1-3(5)2-4/h5*3-5H,2H2,1H3. The summed E-state index contributed by atoms with van der Waals surface area (Å²) in [5.74, 6) is 0. The second-order valence-electron chi connectivity index (χ2n) is 5.16. The minimum atomic E-state index is -0.560. The topological polar surface area (TPSA) is 202 Å². The van der Waals surface area contributed by atoms with Crippen LogP contribution in [0.25, 0.3) is 0 Å². The zero-order chi connectivity index (χ0) is 21.4. The van der Waals surface area contributed by atoms with Crippen LogP contribution < -0.4 is 0 Å². The molecule has 0 bridgehead atoms. The summed E-state index contributed by atoms with van der Waals surface area (Å²) in [6, 6.07) is 0. The SMILES string of the molecule is CC(O)CO.CC(O)CO.CC(O)CO.CC(O)CO.CC(O)CO. The molecule has 25 heavy (non-hydrogen) atoms. The average Bonchev–Trinajstić information content (AvgIpc) is 2.56. The van der Waals surface area contributed by atoms with Crippen LogP contribution in [-0.4, -0.2) is 115 Å². The van der Waals surface area contributed by atoms with E-state index in [-0.39, 0.29) is 33.0 Å². The fourth-order valence-corrected chi connectivity index (χ4v) is 0. The van der Waals surface area contributed by atoms with Gasteiger partial charge in [0.1, 0.15) is 0 Å². The predicted octanol–water partition coefficient (Wildman–Crippen LogP) is -3.20. The monoisotopic (exact) mass is 380 g/mol. The second kappa shape index (κ2) is 31.4. The molecular weight excluding hydrogens is 340 g/mol. The third-order valence-electron chi connectivity index (χ3n) is 1.32. The molecule has 0 aromatic heterocycles. The summed E-state index contributed by atoms with van der Waals surface area (Å²) in [6.45, 7) is 6.94. The summed E-state index contributed by atoms with van der Waals surface area (Å²) < 4.78 is 0. The molecule has 10 nitrogen and oxygen atoms in total. The van der Waals surface area contributed by atoms with Crippen molar-refractivity contribution in [3.05, 3.63) is 0 Å². The molecular formula is C15H40O10. The Hall–Kier alpha value is -0.400. The Labute approximate surface area is 150 Å². The molecule has 0 aliphatic rings. The van der Waals surface area contributed by atoms with Gasteiger partial charge in [0.2, 0.25) is 0 Å². The van der Waals surface area contributed by atoms with Crippen LogP contribution in [-0.2, 0) is 0 Å². The van der Waals surface area contributed by atoms with Crippen molar-refractivity contribution in [3.8, 4) is 0 Å². The minimum Gasteiger partial charge on any atom is -0.394 e. The van der Waals surface area contributed by atoms with Gasteiger partial charge in [0.25, 0.3) is 0 Å². The smallest absolute Gasteiger partial charge is 0.0742 e. The number of aliphatic hydroxyl groups excluding tert-OH is 10. The van der Waals surface area contributed by atoms with Gasteiger partial charge in [-0.15, -0.1) is 0 Å². The zero-order valence-electron chi connectivity index (χ0n) is 15.9. The van der Waals surface area contributed by atoms with Crippen molar-refractivity contribution in [2.75, 3.05) is 33.0 Å². The highest BCUT2D eigenvalue weighted by Gasteiger charge is 1.85. The van der Waals surface area contributed by atoms with Gasteiger partial charge in [-0.05, 0) is 34.6 Å². The van der Waals surface area contributed by atoms with E-state index in [0.717, 1.165) is 0 Å². The van der Waals surface area contributed by atoms with E-state index < -0.39 is 30.5 Å². The molecule has 0 aromatic rings. The minimum absolute atomic E-state index is 0.139. The molecule has 0 saturated heterocycles. The van der Waals surface area contributed by atoms with E-state index in [0.29, 0.717) is 0 Å². The van der Waals surface area contributed by atoms with Crippen LogP contribution in [0.4, 0.5) is 0 Å². The molecule has 0 rings (SSSR count). The van der Waals surface area contributed by atoms with Crippen LogP contribution in [0.15, 0.2) is 0 Å².